The highest BCUT2D eigenvalue weighted by molar-refractivity contribution is 6.32. The highest BCUT2D eigenvalue weighted by atomic mass is 35.5. The van der Waals surface area contributed by atoms with Gasteiger partial charge < -0.3 is 10.1 Å². The average Bonchev–Trinajstić information content (AvgIpc) is 3.15. The van der Waals surface area contributed by atoms with Gasteiger partial charge in [-0.1, -0.05) is 35.9 Å². The fraction of sp³-hybridized carbons (Fsp3) is 0.158. The second kappa shape index (κ2) is 7.69. The van der Waals surface area contributed by atoms with Crippen molar-refractivity contribution in [1.82, 2.24) is 14.8 Å². The van der Waals surface area contributed by atoms with Crippen molar-refractivity contribution >= 4 is 35.1 Å². The van der Waals surface area contributed by atoms with E-state index in [2.05, 4.69) is 20.7 Å². The van der Waals surface area contributed by atoms with Gasteiger partial charge in [0, 0.05) is 5.69 Å². The summed E-state index contributed by atoms with van der Waals surface area (Å²) >= 11 is 6.33. The van der Waals surface area contributed by atoms with Crippen LogP contribution in [0.15, 0.2) is 54.9 Å². The van der Waals surface area contributed by atoms with Crippen molar-refractivity contribution in [2.75, 3.05) is 17.2 Å². The average molecular weight is 398 g/mol. The largest absolute Gasteiger partial charge is 0.482 e. The van der Waals surface area contributed by atoms with Crippen molar-refractivity contribution in [2.45, 2.75) is 12.5 Å². The van der Waals surface area contributed by atoms with E-state index in [0.29, 0.717) is 22.4 Å². The molecule has 28 heavy (non-hydrogen) atoms. The number of aromatic nitrogens is 3. The highest BCUT2D eigenvalue weighted by Crippen LogP contribution is 2.33. The maximum Gasteiger partial charge on any atom is 0.262 e. The summed E-state index contributed by atoms with van der Waals surface area (Å²) in [7, 11) is 0. The van der Waals surface area contributed by atoms with Gasteiger partial charge in [0.1, 0.15) is 12.1 Å². The van der Waals surface area contributed by atoms with E-state index < -0.39 is 0 Å². The van der Waals surface area contributed by atoms with Gasteiger partial charge in [0.15, 0.2) is 6.61 Å². The molecule has 1 aliphatic heterocycles. The summed E-state index contributed by atoms with van der Waals surface area (Å²) in [6.45, 7) is -0.174. The molecule has 2 aromatic carbocycles. The monoisotopic (exact) mass is 397 g/mol. The maximum atomic E-state index is 12.0. The van der Waals surface area contributed by atoms with Crippen molar-refractivity contribution in [2.24, 2.45) is 0 Å². The minimum atomic E-state index is -0.306. The Morgan fingerprint density at radius 1 is 1.29 bits per heavy atom. The first-order valence-corrected chi connectivity index (χ1v) is 8.94. The van der Waals surface area contributed by atoms with Crippen LogP contribution in [0.3, 0.4) is 0 Å². The third-order valence-corrected chi connectivity index (χ3v) is 4.55. The van der Waals surface area contributed by atoms with Crippen LogP contribution in [0.4, 0.5) is 11.6 Å². The number of amides is 2. The molecule has 1 aliphatic rings. The number of benzene rings is 2. The lowest BCUT2D eigenvalue weighted by atomic mass is 10.0. The summed E-state index contributed by atoms with van der Waals surface area (Å²) in [4.78, 5) is 27.9. The van der Waals surface area contributed by atoms with Crippen LogP contribution in [0.5, 0.6) is 5.75 Å². The topological polar surface area (TPSA) is 98.1 Å². The standard InChI is InChI=1S/C19H16ClN5O3/c20-14-8-12(15-9-17(26)24-19-21-11-22-25(15)19)6-7-16(14)28-10-18(27)23-13-4-2-1-3-5-13/h1-8,11,15H,9-10H2,(H,23,27)(H,21,22,24,26)/t15-/m1/s1. The number of anilines is 2. The van der Waals surface area contributed by atoms with Crippen LogP contribution in [-0.4, -0.2) is 33.2 Å². The number of rotatable bonds is 5. The summed E-state index contributed by atoms with van der Waals surface area (Å²) in [5.41, 5.74) is 1.49. The Kier molecular flexibility index (Phi) is 4.94. The Bertz CT molecular complexity index is 1020. The van der Waals surface area contributed by atoms with Crippen LogP contribution in [-0.2, 0) is 9.59 Å². The van der Waals surface area contributed by atoms with Gasteiger partial charge in [-0.05, 0) is 29.8 Å². The lowest BCUT2D eigenvalue weighted by Crippen LogP contribution is -2.29. The van der Waals surface area contributed by atoms with Crippen molar-refractivity contribution in [3.63, 3.8) is 0 Å². The Hall–Kier alpha value is -3.39. The van der Waals surface area contributed by atoms with Crippen molar-refractivity contribution < 1.29 is 14.3 Å². The second-order valence-electron chi connectivity index (χ2n) is 6.19. The van der Waals surface area contributed by atoms with Crippen molar-refractivity contribution in [3.8, 4) is 5.75 Å². The van der Waals surface area contributed by atoms with Gasteiger partial charge >= 0.3 is 0 Å². The number of carbonyl (C=O) groups is 2. The van der Waals surface area contributed by atoms with E-state index in [-0.39, 0.29) is 30.9 Å². The molecular weight excluding hydrogens is 382 g/mol. The van der Waals surface area contributed by atoms with Crippen LogP contribution in [0.2, 0.25) is 5.02 Å². The Labute approximate surface area is 165 Å². The Balaban J connectivity index is 1.44. The van der Waals surface area contributed by atoms with Crippen molar-refractivity contribution in [1.29, 1.82) is 0 Å². The summed E-state index contributed by atoms with van der Waals surface area (Å²) < 4.78 is 7.17. The third kappa shape index (κ3) is 3.81. The molecule has 142 valence electrons. The lowest BCUT2D eigenvalue weighted by molar-refractivity contribution is -0.118. The third-order valence-electron chi connectivity index (χ3n) is 4.26. The molecule has 2 N–H and O–H groups in total. The normalized spacial score (nSPS) is 15.5. The van der Waals surface area contributed by atoms with Gasteiger partial charge in [-0.2, -0.15) is 10.1 Å². The van der Waals surface area contributed by atoms with E-state index in [4.69, 9.17) is 16.3 Å². The molecule has 2 amide bonds. The zero-order valence-corrected chi connectivity index (χ0v) is 15.4. The Morgan fingerprint density at radius 3 is 2.89 bits per heavy atom. The number of nitrogens with zero attached hydrogens (tertiary/aromatic N) is 3. The molecule has 0 fully saturated rings. The molecule has 0 spiro atoms. The van der Waals surface area contributed by atoms with Gasteiger partial charge in [-0.3, -0.25) is 14.9 Å². The van der Waals surface area contributed by atoms with Gasteiger partial charge in [0.25, 0.3) is 5.91 Å². The SMILES string of the molecule is O=C(COc1ccc([C@H]2CC(=O)Nc3ncnn32)cc1Cl)Nc1ccccc1. The van der Waals surface area contributed by atoms with Crippen LogP contribution in [0.1, 0.15) is 18.0 Å². The molecule has 0 saturated carbocycles. The number of fused-ring (bicyclic) bond motifs is 1. The minimum Gasteiger partial charge on any atom is -0.482 e. The Morgan fingerprint density at radius 2 is 2.11 bits per heavy atom. The molecule has 0 radical (unpaired) electrons. The molecule has 4 rings (SSSR count). The summed E-state index contributed by atoms with van der Waals surface area (Å²) in [6.07, 6.45) is 1.62. The zero-order chi connectivity index (χ0) is 19.5. The van der Waals surface area contributed by atoms with Crippen LogP contribution >= 0.6 is 11.6 Å². The number of ether oxygens (including phenoxy) is 1. The molecule has 1 atom stereocenters. The molecule has 2 heterocycles. The van der Waals surface area contributed by atoms with Crippen LogP contribution in [0.25, 0.3) is 0 Å². The quantitative estimate of drug-likeness (QED) is 0.689. The van der Waals surface area contributed by atoms with E-state index in [1.54, 1.807) is 35.0 Å². The number of nitrogens with one attached hydrogen (secondary N) is 2. The number of para-hydroxylation sites is 1. The number of halogens is 1. The van der Waals surface area contributed by atoms with E-state index in [1.165, 1.54) is 6.33 Å². The number of hydrogen-bond acceptors (Lipinski definition) is 5. The second-order valence-corrected chi connectivity index (χ2v) is 6.60. The van der Waals surface area contributed by atoms with E-state index in [0.717, 1.165) is 5.56 Å². The molecule has 0 aliphatic carbocycles. The number of hydrogen-bond donors (Lipinski definition) is 2. The first kappa shape index (κ1) is 18.0. The predicted molar refractivity (Wildman–Crippen MR) is 103 cm³/mol. The van der Waals surface area contributed by atoms with Gasteiger partial charge in [0.05, 0.1) is 17.5 Å². The van der Waals surface area contributed by atoms with Gasteiger partial charge in [0.2, 0.25) is 11.9 Å². The summed E-state index contributed by atoms with van der Waals surface area (Å²) in [5, 5.41) is 9.91. The predicted octanol–water partition coefficient (Wildman–Crippen LogP) is 2.88. The molecule has 9 heteroatoms. The molecule has 0 unspecified atom stereocenters. The smallest absolute Gasteiger partial charge is 0.262 e. The molecule has 8 nitrogen and oxygen atoms in total. The van der Waals surface area contributed by atoms with Gasteiger partial charge in [-0.25, -0.2) is 4.68 Å². The maximum absolute atomic E-state index is 12.0. The van der Waals surface area contributed by atoms with E-state index in [9.17, 15) is 9.59 Å². The first-order chi connectivity index (χ1) is 13.6. The summed E-state index contributed by atoms with van der Waals surface area (Å²) in [6, 6.07) is 14.0. The van der Waals surface area contributed by atoms with Crippen LogP contribution < -0.4 is 15.4 Å². The van der Waals surface area contributed by atoms with E-state index in [1.807, 2.05) is 18.2 Å². The molecule has 3 aromatic rings. The first-order valence-electron chi connectivity index (χ1n) is 8.56. The highest BCUT2D eigenvalue weighted by Gasteiger charge is 2.28. The molecule has 0 saturated heterocycles. The molecule has 0 bridgehead atoms. The van der Waals surface area contributed by atoms with Crippen molar-refractivity contribution in [3.05, 3.63) is 65.4 Å². The fourth-order valence-corrected chi connectivity index (χ4v) is 3.21. The zero-order valence-electron chi connectivity index (χ0n) is 14.6. The van der Waals surface area contributed by atoms with Gasteiger partial charge in [-0.15, -0.1) is 0 Å². The minimum absolute atomic E-state index is 0.139. The lowest BCUT2D eigenvalue weighted by Gasteiger charge is -2.24. The molecule has 1 aromatic heterocycles. The molecular formula is C19H16ClN5O3. The van der Waals surface area contributed by atoms with Crippen LogP contribution in [0, 0.1) is 0 Å². The fourth-order valence-electron chi connectivity index (χ4n) is 2.97. The summed E-state index contributed by atoms with van der Waals surface area (Å²) in [5.74, 6) is 0.352. The number of carbonyl (C=O) groups excluding carboxylic acids is 2. The van der Waals surface area contributed by atoms with E-state index >= 15 is 0 Å².